The summed E-state index contributed by atoms with van der Waals surface area (Å²) in [5.41, 5.74) is 1.99. The van der Waals surface area contributed by atoms with Crippen LogP contribution >= 0.6 is 15.9 Å². The standard InChI is InChI=1S/C12H12BrNO2/c1-8-3-4-12(11(13)5-8)15-7-10-6-9(2)16-14-10/h3-6H,7H2,1-2H3. The maximum atomic E-state index is 5.62. The van der Waals surface area contributed by atoms with Crippen molar-refractivity contribution < 1.29 is 9.26 Å². The summed E-state index contributed by atoms with van der Waals surface area (Å²) in [7, 11) is 0. The first-order valence-electron chi connectivity index (χ1n) is 4.96. The third-order valence-electron chi connectivity index (χ3n) is 2.14. The summed E-state index contributed by atoms with van der Waals surface area (Å²) in [5, 5.41) is 3.86. The molecule has 0 amide bonds. The molecule has 84 valence electrons. The fourth-order valence-electron chi connectivity index (χ4n) is 1.36. The Balaban J connectivity index is 2.04. The van der Waals surface area contributed by atoms with E-state index < -0.39 is 0 Å². The average molecular weight is 282 g/mol. The van der Waals surface area contributed by atoms with Gasteiger partial charge in [0.05, 0.1) is 4.47 Å². The molecule has 1 aromatic carbocycles. The Kier molecular flexibility index (Phi) is 3.29. The van der Waals surface area contributed by atoms with Gasteiger partial charge in [0.1, 0.15) is 23.8 Å². The Labute approximate surface area is 103 Å². The van der Waals surface area contributed by atoms with Crippen molar-refractivity contribution in [2.24, 2.45) is 0 Å². The molecule has 2 rings (SSSR count). The molecule has 0 fully saturated rings. The van der Waals surface area contributed by atoms with E-state index >= 15 is 0 Å². The van der Waals surface area contributed by atoms with Crippen molar-refractivity contribution in [2.45, 2.75) is 20.5 Å². The quantitative estimate of drug-likeness (QED) is 0.862. The molecule has 0 bridgehead atoms. The third kappa shape index (κ3) is 2.64. The fraction of sp³-hybridized carbons (Fsp3) is 0.250. The zero-order valence-corrected chi connectivity index (χ0v) is 10.7. The predicted molar refractivity (Wildman–Crippen MR) is 64.5 cm³/mol. The van der Waals surface area contributed by atoms with E-state index in [0.717, 1.165) is 21.7 Å². The van der Waals surface area contributed by atoms with E-state index in [4.69, 9.17) is 9.26 Å². The van der Waals surface area contributed by atoms with Crippen LogP contribution in [0.2, 0.25) is 0 Å². The van der Waals surface area contributed by atoms with Crippen molar-refractivity contribution in [1.29, 1.82) is 0 Å². The summed E-state index contributed by atoms with van der Waals surface area (Å²) in [6.45, 7) is 4.31. The molecule has 4 heteroatoms. The molecule has 1 aromatic heterocycles. The van der Waals surface area contributed by atoms with Gasteiger partial charge in [-0.25, -0.2) is 0 Å². The van der Waals surface area contributed by atoms with Gasteiger partial charge in [0.15, 0.2) is 0 Å². The molecule has 0 aliphatic carbocycles. The maximum absolute atomic E-state index is 5.62. The second kappa shape index (κ2) is 4.70. The molecule has 1 heterocycles. The molecule has 0 atom stereocenters. The number of rotatable bonds is 3. The van der Waals surface area contributed by atoms with Crippen LogP contribution in [-0.4, -0.2) is 5.16 Å². The van der Waals surface area contributed by atoms with E-state index in [1.54, 1.807) is 0 Å². The van der Waals surface area contributed by atoms with Gasteiger partial charge >= 0.3 is 0 Å². The fourth-order valence-corrected chi connectivity index (χ4v) is 1.97. The molecule has 0 unspecified atom stereocenters. The zero-order chi connectivity index (χ0) is 11.5. The van der Waals surface area contributed by atoms with Gasteiger partial charge in [0.25, 0.3) is 0 Å². The number of ether oxygens (including phenoxy) is 1. The number of aromatic nitrogens is 1. The van der Waals surface area contributed by atoms with E-state index in [0.29, 0.717) is 6.61 Å². The highest BCUT2D eigenvalue weighted by atomic mass is 79.9. The number of halogens is 1. The van der Waals surface area contributed by atoms with E-state index in [1.807, 2.05) is 38.1 Å². The number of nitrogens with zero attached hydrogens (tertiary/aromatic N) is 1. The lowest BCUT2D eigenvalue weighted by Crippen LogP contribution is -1.96. The molecule has 16 heavy (non-hydrogen) atoms. The number of hydrogen-bond acceptors (Lipinski definition) is 3. The van der Waals surface area contributed by atoms with Crippen molar-refractivity contribution in [2.75, 3.05) is 0 Å². The lowest BCUT2D eigenvalue weighted by Gasteiger charge is -2.06. The summed E-state index contributed by atoms with van der Waals surface area (Å²) >= 11 is 3.46. The molecule has 0 saturated heterocycles. The Morgan fingerprint density at radius 3 is 2.75 bits per heavy atom. The topological polar surface area (TPSA) is 35.3 Å². The van der Waals surface area contributed by atoms with Crippen LogP contribution in [0.1, 0.15) is 17.0 Å². The van der Waals surface area contributed by atoms with Crippen LogP contribution in [0.3, 0.4) is 0 Å². The van der Waals surface area contributed by atoms with E-state index in [1.165, 1.54) is 5.56 Å². The minimum Gasteiger partial charge on any atom is -0.486 e. The van der Waals surface area contributed by atoms with Crippen molar-refractivity contribution in [1.82, 2.24) is 5.16 Å². The molecule has 0 N–H and O–H groups in total. The average Bonchev–Trinajstić information content (AvgIpc) is 2.63. The van der Waals surface area contributed by atoms with Crippen molar-refractivity contribution in [3.05, 3.63) is 45.8 Å². The molecule has 3 nitrogen and oxygen atoms in total. The summed E-state index contributed by atoms with van der Waals surface area (Å²) in [6.07, 6.45) is 0. The molecule has 0 saturated carbocycles. The SMILES string of the molecule is Cc1ccc(OCc2cc(C)on2)c(Br)c1. The Bertz CT molecular complexity index is 494. The summed E-state index contributed by atoms with van der Waals surface area (Å²) < 4.78 is 11.5. The van der Waals surface area contributed by atoms with Crippen LogP contribution in [0.5, 0.6) is 5.75 Å². The Morgan fingerprint density at radius 1 is 1.31 bits per heavy atom. The van der Waals surface area contributed by atoms with Gasteiger partial charge < -0.3 is 9.26 Å². The maximum Gasteiger partial charge on any atom is 0.134 e. The van der Waals surface area contributed by atoms with E-state index in [-0.39, 0.29) is 0 Å². The molecular weight excluding hydrogens is 270 g/mol. The van der Waals surface area contributed by atoms with Gasteiger partial charge in [-0.3, -0.25) is 0 Å². The molecule has 2 aromatic rings. The smallest absolute Gasteiger partial charge is 0.134 e. The first-order valence-corrected chi connectivity index (χ1v) is 5.75. The normalized spacial score (nSPS) is 10.4. The largest absolute Gasteiger partial charge is 0.486 e. The van der Waals surface area contributed by atoms with Crippen LogP contribution < -0.4 is 4.74 Å². The zero-order valence-electron chi connectivity index (χ0n) is 9.16. The van der Waals surface area contributed by atoms with Crippen molar-refractivity contribution in [3.63, 3.8) is 0 Å². The van der Waals surface area contributed by atoms with E-state index in [2.05, 4.69) is 21.1 Å². The molecule has 0 aliphatic rings. The molecule has 0 radical (unpaired) electrons. The van der Waals surface area contributed by atoms with Crippen LogP contribution in [0, 0.1) is 13.8 Å². The second-order valence-electron chi connectivity index (χ2n) is 3.65. The number of hydrogen-bond donors (Lipinski definition) is 0. The van der Waals surface area contributed by atoms with Crippen LogP contribution in [0.15, 0.2) is 33.3 Å². The lowest BCUT2D eigenvalue weighted by molar-refractivity contribution is 0.286. The van der Waals surface area contributed by atoms with Crippen LogP contribution in [-0.2, 0) is 6.61 Å². The number of benzene rings is 1. The second-order valence-corrected chi connectivity index (χ2v) is 4.51. The Hall–Kier alpha value is -1.29. The minimum atomic E-state index is 0.416. The van der Waals surface area contributed by atoms with Gasteiger partial charge in [0, 0.05) is 6.07 Å². The van der Waals surface area contributed by atoms with Gasteiger partial charge in [-0.1, -0.05) is 11.2 Å². The summed E-state index contributed by atoms with van der Waals surface area (Å²) in [5.74, 6) is 1.60. The Morgan fingerprint density at radius 2 is 2.12 bits per heavy atom. The van der Waals surface area contributed by atoms with E-state index in [9.17, 15) is 0 Å². The predicted octanol–water partition coefficient (Wildman–Crippen LogP) is 3.63. The first kappa shape index (κ1) is 11.2. The number of aryl methyl sites for hydroxylation is 2. The van der Waals surface area contributed by atoms with Crippen molar-refractivity contribution in [3.8, 4) is 5.75 Å². The minimum absolute atomic E-state index is 0.416. The highest BCUT2D eigenvalue weighted by Crippen LogP contribution is 2.26. The summed E-state index contributed by atoms with van der Waals surface area (Å²) in [6, 6.07) is 7.83. The molecular formula is C12H12BrNO2. The third-order valence-corrected chi connectivity index (χ3v) is 2.76. The monoisotopic (exact) mass is 281 g/mol. The van der Waals surface area contributed by atoms with Gasteiger partial charge in [-0.05, 0) is 47.5 Å². The van der Waals surface area contributed by atoms with Gasteiger partial charge in [-0.2, -0.15) is 0 Å². The van der Waals surface area contributed by atoms with Crippen LogP contribution in [0.25, 0.3) is 0 Å². The van der Waals surface area contributed by atoms with Crippen molar-refractivity contribution >= 4 is 15.9 Å². The summed E-state index contributed by atoms with van der Waals surface area (Å²) in [4.78, 5) is 0. The highest BCUT2D eigenvalue weighted by Gasteiger charge is 2.04. The first-order chi connectivity index (χ1) is 7.65. The molecule has 0 aliphatic heterocycles. The van der Waals surface area contributed by atoms with Crippen LogP contribution in [0.4, 0.5) is 0 Å². The van der Waals surface area contributed by atoms with Gasteiger partial charge in [0.2, 0.25) is 0 Å². The lowest BCUT2D eigenvalue weighted by atomic mass is 10.2. The van der Waals surface area contributed by atoms with Gasteiger partial charge in [-0.15, -0.1) is 0 Å². The molecule has 0 spiro atoms. The highest BCUT2D eigenvalue weighted by molar-refractivity contribution is 9.10.